The van der Waals surface area contributed by atoms with Crippen molar-refractivity contribution in [2.24, 2.45) is 0 Å². The number of hydrogen-bond acceptors (Lipinski definition) is 5. The summed E-state index contributed by atoms with van der Waals surface area (Å²) < 4.78 is 17.7. The van der Waals surface area contributed by atoms with Gasteiger partial charge in [0.25, 0.3) is 0 Å². The van der Waals surface area contributed by atoms with Crippen LogP contribution >= 0.6 is 15.9 Å². The van der Waals surface area contributed by atoms with Crippen LogP contribution in [-0.2, 0) is 0 Å². The van der Waals surface area contributed by atoms with Crippen LogP contribution in [0, 0.1) is 0 Å². The highest BCUT2D eigenvalue weighted by molar-refractivity contribution is 9.10. The Bertz CT molecular complexity index is 1210. The molecule has 4 aromatic rings. The first-order valence-electron chi connectivity index (χ1n) is 9.19. The van der Waals surface area contributed by atoms with Crippen molar-refractivity contribution in [1.82, 2.24) is 4.98 Å². The molecule has 1 heterocycles. The number of rotatable bonds is 6. The number of ketones is 1. The standard InChI is InChI=1S/C24H18BrNO4/c1-28-21-9-5-6-16(23(21)29-2)14-18(22(27)15-10-12-17(25)13-11-15)24-26-19-7-3-4-8-20(19)30-24/h3-14H,1-2H3/b18-14+. The summed E-state index contributed by atoms with van der Waals surface area (Å²) in [6, 6.07) is 20.0. The normalized spacial score (nSPS) is 11.5. The van der Waals surface area contributed by atoms with Gasteiger partial charge in [0.1, 0.15) is 5.52 Å². The number of ether oxygens (including phenoxy) is 2. The van der Waals surface area contributed by atoms with Gasteiger partial charge in [-0.05, 0) is 48.5 Å². The second kappa shape index (κ2) is 8.55. The molecule has 0 N–H and O–H groups in total. The molecule has 0 saturated heterocycles. The molecule has 0 fully saturated rings. The molecule has 0 aliphatic heterocycles. The molecular formula is C24H18BrNO4. The van der Waals surface area contributed by atoms with Crippen LogP contribution in [0.5, 0.6) is 11.5 Å². The summed E-state index contributed by atoms with van der Waals surface area (Å²) in [7, 11) is 3.13. The molecule has 0 spiro atoms. The van der Waals surface area contributed by atoms with E-state index in [0.29, 0.717) is 39.3 Å². The van der Waals surface area contributed by atoms with E-state index >= 15 is 0 Å². The second-order valence-electron chi connectivity index (χ2n) is 6.46. The summed E-state index contributed by atoms with van der Waals surface area (Å²) in [5.41, 5.74) is 2.81. The van der Waals surface area contributed by atoms with E-state index in [1.54, 1.807) is 38.5 Å². The third-order valence-corrected chi connectivity index (χ3v) is 5.14. The third-order valence-electron chi connectivity index (χ3n) is 4.61. The van der Waals surface area contributed by atoms with Gasteiger partial charge in [0, 0.05) is 15.6 Å². The zero-order chi connectivity index (χ0) is 21.1. The van der Waals surface area contributed by atoms with Gasteiger partial charge in [0.15, 0.2) is 22.9 Å². The first-order chi connectivity index (χ1) is 14.6. The molecule has 0 unspecified atom stereocenters. The molecule has 0 amide bonds. The lowest BCUT2D eigenvalue weighted by atomic mass is 10.0. The average molecular weight is 464 g/mol. The molecule has 0 saturated carbocycles. The Labute approximate surface area is 182 Å². The predicted molar refractivity (Wildman–Crippen MR) is 120 cm³/mol. The molecule has 150 valence electrons. The third kappa shape index (κ3) is 3.86. The Morgan fingerprint density at radius 3 is 2.43 bits per heavy atom. The fourth-order valence-electron chi connectivity index (χ4n) is 3.15. The maximum absolute atomic E-state index is 13.4. The Morgan fingerprint density at radius 1 is 0.967 bits per heavy atom. The van der Waals surface area contributed by atoms with Gasteiger partial charge in [0.2, 0.25) is 5.89 Å². The lowest BCUT2D eigenvalue weighted by Crippen LogP contribution is -2.04. The summed E-state index contributed by atoms with van der Waals surface area (Å²) in [5, 5.41) is 0. The minimum atomic E-state index is -0.209. The van der Waals surface area contributed by atoms with Gasteiger partial charge in [0.05, 0.1) is 19.8 Å². The van der Waals surface area contributed by atoms with Gasteiger partial charge in [-0.15, -0.1) is 0 Å². The molecule has 0 bridgehead atoms. The maximum Gasteiger partial charge on any atom is 0.231 e. The minimum Gasteiger partial charge on any atom is -0.493 e. The number of nitrogens with zero attached hydrogens (tertiary/aromatic N) is 1. The van der Waals surface area contributed by atoms with E-state index in [-0.39, 0.29) is 11.7 Å². The molecular weight excluding hydrogens is 446 g/mol. The summed E-state index contributed by atoms with van der Waals surface area (Å²) in [5.74, 6) is 1.13. The molecule has 4 rings (SSSR count). The number of hydrogen-bond donors (Lipinski definition) is 0. The molecule has 0 aliphatic carbocycles. The zero-order valence-electron chi connectivity index (χ0n) is 16.4. The Hall–Kier alpha value is -3.38. The predicted octanol–water partition coefficient (Wildman–Crippen LogP) is 6.03. The van der Waals surface area contributed by atoms with Crippen molar-refractivity contribution in [2.45, 2.75) is 0 Å². The van der Waals surface area contributed by atoms with E-state index in [0.717, 1.165) is 4.47 Å². The molecule has 6 heteroatoms. The fourth-order valence-corrected chi connectivity index (χ4v) is 3.41. The van der Waals surface area contributed by atoms with Gasteiger partial charge >= 0.3 is 0 Å². The van der Waals surface area contributed by atoms with Crippen LogP contribution in [0.15, 0.2) is 75.6 Å². The highest BCUT2D eigenvalue weighted by atomic mass is 79.9. The molecule has 30 heavy (non-hydrogen) atoms. The largest absolute Gasteiger partial charge is 0.493 e. The average Bonchev–Trinajstić information content (AvgIpc) is 3.21. The Morgan fingerprint density at radius 2 is 1.73 bits per heavy atom. The molecule has 0 radical (unpaired) electrons. The number of benzene rings is 3. The van der Waals surface area contributed by atoms with Crippen molar-refractivity contribution in [3.05, 3.63) is 88.2 Å². The zero-order valence-corrected chi connectivity index (χ0v) is 18.0. The molecule has 0 atom stereocenters. The Kier molecular flexibility index (Phi) is 5.68. The lowest BCUT2D eigenvalue weighted by molar-refractivity contribution is 0.105. The van der Waals surface area contributed by atoms with Crippen molar-refractivity contribution >= 4 is 44.5 Å². The van der Waals surface area contributed by atoms with Gasteiger partial charge in [-0.1, -0.05) is 40.2 Å². The number of aromatic nitrogens is 1. The fraction of sp³-hybridized carbons (Fsp3) is 0.0833. The quantitative estimate of drug-likeness (QED) is 0.258. The van der Waals surface area contributed by atoms with E-state index in [1.165, 1.54) is 0 Å². The number of allylic oxidation sites excluding steroid dienone is 1. The van der Waals surface area contributed by atoms with E-state index in [9.17, 15) is 4.79 Å². The SMILES string of the molecule is COc1cccc(/C=C(\C(=O)c2ccc(Br)cc2)c2nc3ccccc3o2)c1OC. The summed E-state index contributed by atoms with van der Waals surface area (Å²) in [6.45, 7) is 0. The second-order valence-corrected chi connectivity index (χ2v) is 7.38. The van der Waals surface area contributed by atoms with E-state index < -0.39 is 0 Å². The number of methoxy groups -OCH3 is 2. The molecule has 0 aliphatic rings. The van der Waals surface area contributed by atoms with E-state index in [4.69, 9.17) is 13.9 Å². The number of fused-ring (bicyclic) bond motifs is 1. The van der Waals surface area contributed by atoms with Gasteiger partial charge < -0.3 is 13.9 Å². The van der Waals surface area contributed by atoms with Crippen LogP contribution in [-0.4, -0.2) is 25.0 Å². The summed E-state index contributed by atoms with van der Waals surface area (Å²) in [6.07, 6.45) is 1.72. The summed E-state index contributed by atoms with van der Waals surface area (Å²) >= 11 is 3.40. The van der Waals surface area contributed by atoms with Crippen LogP contribution < -0.4 is 9.47 Å². The molecule has 5 nitrogen and oxygen atoms in total. The first-order valence-corrected chi connectivity index (χ1v) is 9.99. The highest BCUT2D eigenvalue weighted by Gasteiger charge is 2.21. The van der Waals surface area contributed by atoms with Crippen LogP contribution in [0.25, 0.3) is 22.7 Å². The van der Waals surface area contributed by atoms with E-state index in [1.807, 2.05) is 48.5 Å². The van der Waals surface area contributed by atoms with Crippen molar-refractivity contribution < 1.29 is 18.7 Å². The number of carbonyl (C=O) groups excluding carboxylic acids is 1. The van der Waals surface area contributed by atoms with Crippen molar-refractivity contribution in [3.8, 4) is 11.5 Å². The minimum absolute atomic E-state index is 0.209. The van der Waals surface area contributed by atoms with Crippen LogP contribution in [0.2, 0.25) is 0 Å². The van der Waals surface area contributed by atoms with Crippen LogP contribution in [0.1, 0.15) is 21.8 Å². The van der Waals surface area contributed by atoms with E-state index in [2.05, 4.69) is 20.9 Å². The molecule has 1 aromatic heterocycles. The number of oxazole rings is 1. The number of Topliss-reactive ketones (excluding diaryl/α,β-unsaturated/α-hetero) is 1. The van der Waals surface area contributed by atoms with Gasteiger partial charge in [-0.25, -0.2) is 4.98 Å². The van der Waals surface area contributed by atoms with Crippen molar-refractivity contribution in [2.75, 3.05) is 14.2 Å². The van der Waals surface area contributed by atoms with Crippen LogP contribution in [0.3, 0.4) is 0 Å². The lowest BCUT2D eigenvalue weighted by Gasteiger charge is -2.11. The maximum atomic E-state index is 13.4. The van der Waals surface area contributed by atoms with Gasteiger partial charge in [-0.2, -0.15) is 0 Å². The van der Waals surface area contributed by atoms with Crippen molar-refractivity contribution in [1.29, 1.82) is 0 Å². The monoisotopic (exact) mass is 463 g/mol. The topological polar surface area (TPSA) is 61.6 Å². The Balaban J connectivity index is 1.90. The van der Waals surface area contributed by atoms with Gasteiger partial charge in [-0.3, -0.25) is 4.79 Å². The van der Waals surface area contributed by atoms with Crippen molar-refractivity contribution in [3.63, 3.8) is 0 Å². The smallest absolute Gasteiger partial charge is 0.231 e. The first kappa shape index (κ1) is 19.9. The highest BCUT2D eigenvalue weighted by Crippen LogP contribution is 2.34. The molecule has 3 aromatic carbocycles. The summed E-state index contributed by atoms with van der Waals surface area (Å²) in [4.78, 5) is 18.0. The van der Waals surface area contributed by atoms with Crippen LogP contribution in [0.4, 0.5) is 0 Å². The number of halogens is 1. The number of carbonyl (C=O) groups is 1. The number of para-hydroxylation sites is 3.